The third-order valence-electron chi connectivity index (χ3n) is 2.22. The molecule has 0 atom stereocenters. The standard InChI is InChI=1S/C12H12N2O/c1-2-8-14-11-6-4-3-5-10(11)13-12(14)7-9-15/h3-6,8,15H,1,7,9H2. The first-order chi connectivity index (χ1) is 7.36. The van der Waals surface area contributed by atoms with E-state index < -0.39 is 0 Å². The lowest BCUT2D eigenvalue weighted by atomic mass is 10.3. The number of hydrogen-bond donors (Lipinski definition) is 1. The number of hydrogen-bond acceptors (Lipinski definition) is 2. The Hall–Kier alpha value is -1.83. The molecule has 0 fully saturated rings. The van der Waals surface area contributed by atoms with Crippen molar-refractivity contribution < 1.29 is 5.11 Å². The van der Waals surface area contributed by atoms with Crippen LogP contribution in [0.15, 0.2) is 36.6 Å². The van der Waals surface area contributed by atoms with Gasteiger partial charge in [0.15, 0.2) is 0 Å². The minimum atomic E-state index is 0.0916. The summed E-state index contributed by atoms with van der Waals surface area (Å²) in [6.07, 6.45) is 2.27. The fourth-order valence-corrected chi connectivity index (χ4v) is 1.61. The van der Waals surface area contributed by atoms with Crippen molar-refractivity contribution >= 4 is 17.2 Å². The third-order valence-corrected chi connectivity index (χ3v) is 2.22. The van der Waals surface area contributed by atoms with Gasteiger partial charge in [0.25, 0.3) is 0 Å². The van der Waals surface area contributed by atoms with Crippen molar-refractivity contribution in [1.29, 1.82) is 0 Å². The van der Waals surface area contributed by atoms with Crippen LogP contribution in [-0.4, -0.2) is 21.3 Å². The molecule has 1 heterocycles. The average molecular weight is 200 g/mol. The van der Waals surface area contributed by atoms with Crippen LogP contribution in [0.5, 0.6) is 0 Å². The van der Waals surface area contributed by atoms with Gasteiger partial charge in [0, 0.05) is 6.42 Å². The molecule has 76 valence electrons. The second-order valence-corrected chi connectivity index (χ2v) is 3.19. The fraction of sp³-hybridized carbons (Fsp3) is 0.167. The Kier molecular flexibility index (Phi) is 2.68. The van der Waals surface area contributed by atoms with Gasteiger partial charge in [-0.25, -0.2) is 4.98 Å². The molecule has 1 N–H and O–H groups in total. The van der Waals surface area contributed by atoms with E-state index in [4.69, 9.17) is 5.11 Å². The SMILES string of the molecule is C=C=Cn1c(CCO)nc2ccccc21. The second kappa shape index (κ2) is 4.13. The van der Waals surface area contributed by atoms with Crippen LogP contribution in [0.4, 0.5) is 0 Å². The molecule has 0 saturated heterocycles. The molecule has 3 nitrogen and oxygen atoms in total. The zero-order valence-corrected chi connectivity index (χ0v) is 8.35. The topological polar surface area (TPSA) is 38.0 Å². The molecule has 2 aromatic rings. The number of fused-ring (bicyclic) bond motifs is 1. The normalized spacial score (nSPS) is 10.2. The van der Waals surface area contributed by atoms with Crippen molar-refractivity contribution in [3.63, 3.8) is 0 Å². The van der Waals surface area contributed by atoms with Gasteiger partial charge in [-0.15, -0.1) is 5.73 Å². The van der Waals surface area contributed by atoms with Crippen molar-refractivity contribution in [2.45, 2.75) is 6.42 Å². The van der Waals surface area contributed by atoms with Gasteiger partial charge in [-0.05, 0) is 12.1 Å². The van der Waals surface area contributed by atoms with Crippen LogP contribution < -0.4 is 0 Å². The molecule has 2 rings (SSSR count). The number of para-hydroxylation sites is 2. The summed E-state index contributed by atoms with van der Waals surface area (Å²) in [5, 5.41) is 8.93. The smallest absolute Gasteiger partial charge is 0.116 e. The van der Waals surface area contributed by atoms with Crippen LogP contribution in [0.1, 0.15) is 5.82 Å². The maximum atomic E-state index is 8.93. The number of imidazole rings is 1. The van der Waals surface area contributed by atoms with E-state index in [2.05, 4.69) is 17.3 Å². The molecule has 15 heavy (non-hydrogen) atoms. The Balaban J connectivity index is 2.68. The number of aromatic nitrogens is 2. The third kappa shape index (κ3) is 1.71. The molecule has 0 bridgehead atoms. The van der Waals surface area contributed by atoms with Crippen molar-refractivity contribution in [3.05, 3.63) is 42.4 Å². The number of aliphatic hydroxyl groups excluding tert-OH is 1. The maximum absolute atomic E-state index is 8.93. The lowest BCUT2D eigenvalue weighted by Crippen LogP contribution is -1.99. The van der Waals surface area contributed by atoms with E-state index in [0.717, 1.165) is 16.9 Å². The highest BCUT2D eigenvalue weighted by Gasteiger charge is 2.06. The van der Waals surface area contributed by atoms with E-state index in [1.807, 2.05) is 28.8 Å². The number of benzene rings is 1. The Morgan fingerprint density at radius 3 is 3.00 bits per heavy atom. The largest absolute Gasteiger partial charge is 0.396 e. The van der Waals surface area contributed by atoms with E-state index in [-0.39, 0.29) is 6.61 Å². The van der Waals surface area contributed by atoms with E-state index >= 15 is 0 Å². The van der Waals surface area contributed by atoms with Crippen molar-refractivity contribution in [1.82, 2.24) is 9.55 Å². The molecule has 1 aromatic carbocycles. The van der Waals surface area contributed by atoms with Gasteiger partial charge in [0.1, 0.15) is 5.82 Å². The van der Waals surface area contributed by atoms with Gasteiger partial charge in [0.05, 0.1) is 23.8 Å². The van der Waals surface area contributed by atoms with Crippen LogP contribution >= 0.6 is 0 Å². The van der Waals surface area contributed by atoms with Crippen molar-refractivity contribution in [3.8, 4) is 0 Å². The molecule has 0 saturated carbocycles. The summed E-state index contributed by atoms with van der Waals surface area (Å²) in [6.45, 7) is 3.64. The Morgan fingerprint density at radius 1 is 1.47 bits per heavy atom. The lowest BCUT2D eigenvalue weighted by Gasteiger charge is -1.99. The van der Waals surface area contributed by atoms with Crippen molar-refractivity contribution in [2.75, 3.05) is 6.61 Å². The molecule has 1 aromatic heterocycles. The first-order valence-electron chi connectivity index (χ1n) is 4.79. The summed E-state index contributed by atoms with van der Waals surface area (Å²) in [4.78, 5) is 4.42. The summed E-state index contributed by atoms with van der Waals surface area (Å²) >= 11 is 0. The maximum Gasteiger partial charge on any atom is 0.116 e. The Bertz CT molecular complexity index is 521. The predicted molar refractivity (Wildman–Crippen MR) is 60.4 cm³/mol. The number of rotatable bonds is 3. The van der Waals surface area contributed by atoms with Gasteiger partial charge < -0.3 is 5.11 Å². The highest BCUT2D eigenvalue weighted by atomic mass is 16.3. The fourth-order valence-electron chi connectivity index (χ4n) is 1.61. The lowest BCUT2D eigenvalue weighted by molar-refractivity contribution is 0.296. The molecule has 0 radical (unpaired) electrons. The average Bonchev–Trinajstić information content (AvgIpc) is 2.59. The van der Waals surface area contributed by atoms with Crippen LogP contribution in [0.25, 0.3) is 17.2 Å². The minimum absolute atomic E-state index is 0.0916. The molecule has 0 unspecified atom stereocenters. The van der Waals surface area contributed by atoms with Crippen LogP contribution in [-0.2, 0) is 6.42 Å². The number of nitrogens with zero attached hydrogens (tertiary/aromatic N) is 2. The second-order valence-electron chi connectivity index (χ2n) is 3.19. The number of aliphatic hydroxyl groups is 1. The summed E-state index contributed by atoms with van der Waals surface area (Å²) in [5.41, 5.74) is 4.66. The predicted octanol–water partition coefficient (Wildman–Crippen LogP) is 1.83. The molecular weight excluding hydrogens is 188 g/mol. The van der Waals surface area contributed by atoms with Crippen LogP contribution in [0.3, 0.4) is 0 Å². The van der Waals surface area contributed by atoms with Crippen LogP contribution in [0.2, 0.25) is 0 Å². The molecule has 3 heteroatoms. The first kappa shape index (κ1) is 9.71. The molecular formula is C12H12N2O. The van der Waals surface area contributed by atoms with E-state index in [0.29, 0.717) is 6.42 Å². The van der Waals surface area contributed by atoms with Gasteiger partial charge in [0.2, 0.25) is 0 Å². The zero-order chi connectivity index (χ0) is 10.7. The van der Waals surface area contributed by atoms with Gasteiger partial charge in [-0.3, -0.25) is 4.57 Å². The molecule has 0 aliphatic rings. The monoisotopic (exact) mass is 200 g/mol. The van der Waals surface area contributed by atoms with E-state index in [9.17, 15) is 0 Å². The van der Waals surface area contributed by atoms with Gasteiger partial charge >= 0.3 is 0 Å². The zero-order valence-electron chi connectivity index (χ0n) is 8.35. The van der Waals surface area contributed by atoms with Gasteiger partial charge in [-0.2, -0.15) is 0 Å². The first-order valence-corrected chi connectivity index (χ1v) is 4.79. The Labute approximate surface area is 88.0 Å². The highest BCUT2D eigenvalue weighted by molar-refractivity contribution is 5.78. The van der Waals surface area contributed by atoms with Gasteiger partial charge in [-0.1, -0.05) is 18.7 Å². The Morgan fingerprint density at radius 2 is 2.27 bits per heavy atom. The van der Waals surface area contributed by atoms with E-state index in [1.165, 1.54) is 0 Å². The quantitative estimate of drug-likeness (QED) is 0.767. The minimum Gasteiger partial charge on any atom is -0.396 e. The molecule has 0 amide bonds. The highest BCUT2D eigenvalue weighted by Crippen LogP contribution is 2.16. The summed E-state index contributed by atoms with van der Waals surface area (Å²) in [5.74, 6) is 0.829. The molecule has 0 aliphatic carbocycles. The molecule has 0 aliphatic heterocycles. The summed E-state index contributed by atoms with van der Waals surface area (Å²) in [6, 6.07) is 7.83. The summed E-state index contributed by atoms with van der Waals surface area (Å²) in [7, 11) is 0. The van der Waals surface area contributed by atoms with Crippen LogP contribution in [0, 0.1) is 0 Å². The van der Waals surface area contributed by atoms with Crippen molar-refractivity contribution in [2.24, 2.45) is 0 Å². The molecule has 0 spiro atoms. The summed E-state index contributed by atoms with van der Waals surface area (Å²) < 4.78 is 1.90. The van der Waals surface area contributed by atoms with E-state index in [1.54, 1.807) is 6.20 Å².